The van der Waals surface area contributed by atoms with Gasteiger partial charge in [-0.15, -0.1) is 0 Å². The van der Waals surface area contributed by atoms with E-state index in [0.717, 1.165) is 68.1 Å². The van der Waals surface area contributed by atoms with Crippen molar-refractivity contribution in [3.63, 3.8) is 0 Å². The van der Waals surface area contributed by atoms with Gasteiger partial charge in [0.15, 0.2) is 0 Å². The van der Waals surface area contributed by atoms with Gasteiger partial charge in [0.25, 0.3) is 0 Å². The number of benzene rings is 2. The minimum absolute atomic E-state index is 0.00792. The first kappa shape index (κ1) is 35.2. The molecule has 0 bridgehead atoms. The number of piperidine rings is 1. The van der Waals surface area contributed by atoms with Gasteiger partial charge in [-0.2, -0.15) is 0 Å². The Morgan fingerprint density at radius 2 is 1.87 bits per heavy atom. The molecule has 4 atom stereocenters. The summed E-state index contributed by atoms with van der Waals surface area (Å²) in [4.78, 5) is 15.0. The molecule has 2 aromatic rings. The van der Waals surface area contributed by atoms with Crippen LogP contribution in [-0.2, 0) is 37.0 Å². The fourth-order valence-electron chi connectivity index (χ4n) is 6.51. The first-order valence-corrected chi connectivity index (χ1v) is 16.5. The first-order valence-electron chi connectivity index (χ1n) is 16.5. The van der Waals surface area contributed by atoms with Crippen molar-refractivity contribution in [2.24, 2.45) is 11.3 Å². The molecular weight excluding hydrogens is 570 g/mol. The van der Waals surface area contributed by atoms with Crippen molar-refractivity contribution in [3.05, 3.63) is 59.2 Å². The van der Waals surface area contributed by atoms with E-state index in [1.165, 1.54) is 5.56 Å². The van der Waals surface area contributed by atoms with Gasteiger partial charge in [-0.05, 0) is 48.1 Å². The molecule has 1 saturated heterocycles. The Morgan fingerprint density at radius 3 is 2.60 bits per heavy atom. The van der Waals surface area contributed by atoms with E-state index in [1.807, 2.05) is 13.8 Å². The molecule has 2 aliphatic heterocycles. The lowest BCUT2D eigenvalue weighted by molar-refractivity contribution is -0.129. The zero-order chi connectivity index (χ0) is 32.2. The zero-order valence-corrected chi connectivity index (χ0v) is 28.2. The lowest BCUT2D eigenvalue weighted by Gasteiger charge is -2.40. The van der Waals surface area contributed by atoms with Crippen molar-refractivity contribution < 1.29 is 28.5 Å². The average molecular weight is 626 g/mol. The molecule has 2 aliphatic rings. The standard InChI is InChI=1S/C36H55N3O6/c1-26(22-42-6)23-43-24-27-8-11-29(12-9-27)31-19-30(20-36(2,3)35(40)37-4)38-21-34(31)45-25-28-10-13-33-32(18-28)39(15-17-44-33)14-7-16-41-5/h8-13,18,26,30-31,34,38H,7,14-17,19-25H2,1-6H3,(H,37,40)/t26?,30-,31+,34-/m0/s1. The minimum atomic E-state index is -0.466. The van der Waals surface area contributed by atoms with E-state index in [-0.39, 0.29) is 24.0 Å². The third-order valence-corrected chi connectivity index (χ3v) is 8.95. The van der Waals surface area contributed by atoms with Crippen molar-refractivity contribution in [2.45, 2.75) is 71.3 Å². The lowest BCUT2D eigenvalue weighted by atomic mass is 9.77. The Labute approximate surface area is 270 Å². The first-order chi connectivity index (χ1) is 21.7. The topological polar surface area (TPSA) is 90.5 Å². The summed E-state index contributed by atoms with van der Waals surface area (Å²) < 4.78 is 29.1. The van der Waals surface area contributed by atoms with E-state index in [1.54, 1.807) is 21.3 Å². The van der Waals surface area contributed by atoms with Crippen molar-refractivity contribution in [1.82, 2.24) is 10.6 Å². The van der Waals surface area contributed by atoms with E-state index in [4.69, 9.17) is 23.7 Å². The molecule has 45 heavy (non-hydrogen) atoms. The molecule has 4 rings (SSSR count). The second-order valence-electron chi connectivity index (χ2n) is 13.3. The smallest absolute Gasteiger partial charge is 0.225 e. The quantitative estimate of drug-likeness (QED) is 0.240. The number of anilines is 1. The summed E-state index contributed by atoms with van der Waals surface area (Å²) in [6.45, 7) is 12.6. The molecule has 9 nitrogen and oxygen atoms in total. The number of fused-ring (bicyclic) bond motifs is 1. The van der Waals surface area contributed by atoms with Gasteiger partial charge >= 0.3 is 0 Å². The highest BCUT2D eigenvalue weighted by atomic mass is 16.5. The molecule has 9 heteroatoms. The molecule has 2 heterocycles. The van der Waals surface area contributed by atoms with Gasteiger partial charge in [-0.25, -0.2) is 0 Å². The number of hydrogen-bond acceptors (Lipinski definition) is 8. The Morgan fingerprint density at radius 1 is 1.09 bits per heavy atom. The number of amides is 1. The lowest BCUT2D eigenvalue weighted by Crippen LogP contribution is -2.50. The Bertz CT molecular complexity index is 1190. The van der Waals surface area contributed by atoms with Crippen molar-refractivity contribution in [1.29, 1.82) is 0 Å². The summed E-state index contributed by atoms with van der Waals surface area (Å²) >= 11 is 0. The normalized spacial score (nSPS) is 20.8. The van der Waals surface area contributed by atoms with Gasteiger partial charge in [0.05, 0.1) is 44.8 Å². The highest BCUT2D eigenvalue weighted by Crippen LogP contribution is 2.36. The van der Waals surface area contributed by atoms with Crippen LogP contribution in [0.3, 0.4) is 0 Å². The molecule has 1 unspecified atom stereocenters. The maximum atomic E-state index is 12.6. The number of nitrogens with one attached hydrogen (secondary N) is 2. The molecule has 1 fully saturated rings. The van der Waals surface area contributed by atoms with Crippen molar-refractivity contribution in [2.75, 3.05) is 72.2 Å². The van der Waals surface area contributed by atoms with Crippen LogP contribution in [0.25, 0.3) is 0 Å². The van der Waals surface area contributed by atoms with Crippen molar-refractivity contribution in [3.8, 4) is 5.75 Å². The van der Waals surface area contributed by atoms with E-state index >= 15 is 0 Å². The second-order valence-corrected chi connectivity index (χ2v) is 13.3. The molecule has 1 amide bonds. The predicted octanol–water partition coefficient (Wildman–Crippen LogP) is 4.91. The van der Waals surface area contributed by atoms with Crippen LogP contribution >= 0.6 is 0 Å². The van der Waals surface area contributed by atoms with Crippen molar-refractivity contribution >= 4 is 11.6 Å². The third-order valence-electron chi connectivity index (χ3n) is 8.95. The van der Waals surface area contributed by atoms with Gasteiger partial charge in [0.1, 0.15) is 12.4 Å². The van der Waals surface area contributed by atoms with E-state index in [9.17, 15) is 4.79 Å². The molecule has 2 aromatic carbocycles. The number of nitrogens with zero attached hydrogens (tertiary/aromatic N) is 1. The number of ether oxygens (including phenoxy) is 5. The van der Waals surface area contributed by atoms with E-state index < -0.39 is 5.41 Å². The number of carbonyl (C=O) groups is 1. The fraction of sp³-hybridized carbons (Fsp3) is 0.639. The van der Waals surface area contributed by atoms with Crippen LogP contribution in [0.15, 0.2) is 42.5 Å². The Balaban J connectivity index is 1.45. The van der Waals surface area contributed by atoms with Gasteiger partial charge in [0.2, 0.25) is 5.91 Å². The average Bonchev–Trinajstić information content (AvgIpc) is 3.04. The molecule has 0 radical (unpaired) electrons. The summed E-state index contributed by atoms with van der Waals surface area (Å²) in [5.41, 5.74) is 4.20. The summed E-state index contributed by atoms with van der Waals surface area (Å²) in [7, 11) is 5.18. The van der Waals surface area contributed by atoms with Crippen LogP contribution in [-0.4, -0.2) is 85.4 Å². The van der Waals surface area contributed by atoms with Gasteiger partial charge < -0.3 is 39.2 Å². The number of methoxy groups -OCH3 is 2. The largest absolute Gasteiger partial charge is 0.490 e. The summed E-state index contributed by atoms with van der Waals surface area (Å²) in [6, 6.07) is 15.4. The Kier molecular flexibility index (Phi) is 13.5. The number of carbonyl (C=O) groups excluding carboxylic acids is 1. The van der Waals surface area contributed by atoms with E-state index in [0.29, 0.717) is 39.0 Å². The van der Waals surface area contributed by atoms with Gasteiger partial charge in [-0.3, -0.25) is 4.79 Å². The molecule has 0 spiro atoms. The summed E-state index contributed by atoms with van der Waals surface area (Å²) in [5, 5.41) is 6.54. The molecular formula is C36H55N3O6. The van der Waals surface area contributed by atoms with Crippen LogP contribution in [0.5, 0.6) is 5.75 Å². The maximum Gasteiger partial charge on any atom is 0.225 e. The molecule has 0 aromatic heterocycles. The predicted molar refractivity (Wildman–Crippen MR) is 178 cm³/mol. The summed E-state index contributed by atoms with van der Waals surface area (Å²) in [6.07, 6.45) is 2.61. The zero-order valence-electron chi connectivity index (χ0n) is 28.2. The summed E-state index contributed by atoms with van der Waals surface area (Å²) in [5.74, 6) is 1.55. The SMILES string of the molecule is CNC(=O)C(C)(C)C[C@@H]1C[C@H](c2ccc(COCC(C)COC)cc2)[C@@H](OCc2ccc3c(c2)N(CCCOC)CCO3)CN1. The van der Waals surface area contributed by atoms with Crippen LogP contribution in [0.1, 0.15) is 62.6 Å². The monoisotopic (exact) mass is 625 g/mol. The molecule has 0 saturated carbocycles. The van der Waals surface area contributed by atoms with Crippen LogP contribution in [0, 0.1) is 11.3 Å². The third kappa shape index (κ3) is 10.1. The van der Waals surface area contributed by atoms with Gasteiger partial charge in [-0.1, -0.05) is 51.1 Å². The minimum Gasteiger partial charge on any atom is -0.490 e. The Hall–Kier alpha value is -2.69. The van der Waals surface area contributed by atoms with E-state index in [2.05, 4.69) is 64.9 Å². The fourth-order valence-corrected chi connectivity index (χ4v) is 6.51. The van der Waals surface area contributed by atoms with Crippen LogP contribution in [0.2, 0.25) is 0 Å². The number of hydrogen-bond donors (Lipinski definition) is 2. The maximum absolute atomic E-state index is 12.6. The molecule has 250 valence electrons. The molecule has 2 N–H and O–H groups in total. The highest BCUT2D eigenvalue weighted by Gasteiger charge is 2.37. The van der Waals surface area contributed by atoms with Crippen LogP contribution in [0.4, 0.5) is 5.69 Å². The van der Waals surface area contributed by atoms with Gasteiger partial charge in [0, 0.05) is 64.3 Å². The number of rotatable bonds is 17. The second kappa shape index (κ2) is 17.3. The van der Waals surface area contributed by atoms with Crippen LogP contribution < -0.4 is 20.3 Å². The molecule has 0 aliphatic carbocycles. The highest BCUT2D eigenvalue weighted by molar-refractivity contribution is 5.81.